The second-order valence-corrected chi connectivity index (χ2v) is 9.57. The average Bonchev–Trinajstić information content (AvgIpc) is 3.55. The van der Waals surface area contributed by atoms with E-state index in [9.17, 15) is 14.4 Å². The van der Waals surface area contributed by atoms with E-state index in [-0.39, 0.29) is 30.4 Å². The van der Waals surface area contributed by atoms with E-state index in [1.54, 1.807) is 4.90 Å². The highest BCUT2D eigenvalue weighted by Crippen LogP contribution is 2.28. The molecule has 1 aromatic carbocycles. The molecule has 0 radical (unpaired) electrons. The molecule has 0 unspecified atom stereocenters. The van der Waals surface area contributed by atoms with Gasteiger partial charge in [-0.05, 0) is 62.8 Å². The summed E-state index contributed by atoms with van der Waals surface area (Å²) in [5.74, 6) is 0.142. The number of carbonyl (C=O) groups is 3. The Morgan fingerprint density at radius 1 is 0.970 bits per heavy atom. The van der Waals surface area contributed by atoms with Crippen LogP contribution in [0.4, 0.5) is 4.79 Å². The molecule has 0 aromatic heterocycles. The molecule has 3 fully saturated rings. The maximum absolute atomic E-state index is 13.0. The first-order valence-corrected chi connectivity index (χ1v) is 12.3. The molecule has 3 amide bonds. The zero-order valence-electron chi connectivity index (χ0n) is 19.3. The number of hydrogen-bond donors (Lipinski definition) is 2. The molecule has 0 spiro atoms. The number of carbonyl (C=O) groups excluding carboxylic acids is 3. The van der Waals surface area contributed by atoms with Crippen LogP contribution in [0.2, 0.25) is 0 Å². The van der Waals surface area contributed by atoms with Crippen LogP contribution in [0.25, 0.3) is 0 Å². The second-order valence-electron chi connectivity index (χ2n) is 9.57. The molecular weight excluding hydrogens is 420 g/mol. The van der Waals surface area contributed by atoms with Crippen molar-refractivity contribution < 1.29 is 19.1 Å². The molecule has 3 aliphatic rings. The molecule has 3 N–H and O–H groups in total. The van der Waals surface area contributed by atoms with E-state index in [0.717, 1.165) is 63.6 Å². The molecule has 180 valence electrons. The Hall–Kier alpha value is -2.61. The third-order valence-corrected chi connectivity index (χ3v) is 7.32. The molecule has 2 saturated heterocycles. The van der Waals surface area contributed by atoms with Crippen LogP contribution in [-0.4, -0.2) is 65.5 Å². The molecule has 2 aliphatic heterocycles. The van der Waals surface area contributed by atoms with Gasteiger partial charge in [0.05, 0.1) is 6.04 Å². The Bertz CT molecular complexity index is 819. The molecular formula is C25H36N4O4. The number of likely N-dealkylation sites (tertiary alicyclic amines) is 2. The fraction of sp³-hybridized carbons (Fsp3) is 0.640. The van der Waals surface area contributed by atoms with Crippen LogP contribution >= 0.6 is 0 Å². The summed E-state index contributed by atoms with van der Waals surface area (Å²) in [6.07, 6.45) is 6.41. The number of nitrogens with zero attached hydrogens (tertiary/aromatic N) is 2. The molecule has 2 atom stereocenters. The topological polar surface area (TPSA) is 105 Å². The van der Waals surface area contributed by atoms with Gasteiger partial charge in [0.25, 0.3) is 0 Å². The van der Waals surface area contributed by atoms with Crippen molar-refractivity contribution in [3.63, 3.8) is 0 Å². The molecule has 33 heavy (non-hydrogen) atoms. The molecule has 4 rings (SSSR count). The van der Waals surface area contributed by atoms with Crippen molar-refractivity contribution in [1.82, 2.24) is 15.1 Å². The minimum atomic E-state index is -0.481. The quantitative estimate of drug-likeness (QED) is 0.684. The first-order chi connectivity index (χ1) is 16.0. The Morgan fingerprint density at radius 3 is 2.36 bits per heavy atom. The maximum Gasteiger partial charge on any atom is 0.410 e. The fourth-order valence-corrected chi connectivity index (χ4v) is 5.33. The molecule has 0 bridgehead atoms. The van der Waals surface area contributed by atoms with Gasteiger partial charge in [-0.1, -0.05) is 30.3 Å². The van der Waals surface area contributed by atoms with Gasteiger partial charge in [0.1, 0.15) is 12.6 Å². The Morgan fingerprint density at radius 2 is 1.67 bits per heavy atom. The summed E-state index contributed by atoms with van der Waals surface area (Å²) in [6.45, 7) is 2.38. The lowest BCUT2D eigenvalue weighted by Gasteiger charge is -2.34. The highest BCUT2D eigenvalue weighted by Gasteiger charge is 2.37. The van der Waals surface area contributed by atoms with Gasteiger partial charge in [-0.3, -0.25) is 14.5 Å². The summed E-state index contributed by atoms with van der Waals surface area (Å²) in [6, 6.07) is 8.67. The van der Waals surface area contributed by atoms with Gasteiger partial charge in [0.15, 0.2) is 0 Å². The summed E-state index contributed by atoms with van der Waals surface area (Å²) in [5.41, 5.74) is 7.22. The van der Waals surface area contributed by atoms with Gasteiger partial charge < -0.3 is 20.7 Å². The second kappa shape index (κ2) is 11.0. The monoisotopic (exact) mass is 456 g/mol. The van der Waals surface area contributed by atoms with E-state index >= 15 is 0 Å². The number of nitrogens with two attached hydrogens (primary N) is 1. The Kier molecular flexibility index (Phi) is 7.85. The lowest BCUT2D eigenvalue weighted by atomic mass is 9.81. The molecule has 8 heteroatoms. The van der Waals surface area contributed by atoms with Crippen LogP contribution in [0.15, 0.2) is 30.3 Å². The number of rotatable bonds is 6. The normalized spacial score (nSPS) is 26.2. The van der Waals surface area contributed by atoms with E-state index in [4.69, 9.17) is 10.5 Å². The highest BCUT2D eigenvalue weighted by atomic mass is 16.6. The van der Waals surface area contributed by atoms with E-state index in [0.29, 0.717) is 13.0 Å². The first-order valence-electron chi connectivity index (χ1n) is 12.3. The molecule has 1 saturated carbocycles. The summed E-state index contributed by atoms with van der Waals surface area (Å²) < 4.78 is 5.44. The summed E-state index contributed by atoms with van der Waals surface area (Å²) in [4.78, 5) is 41.6. The van der Waals surface area contributed by atoms with Gasteiger partial charge in [-0.2, -0.15) is 0 Å². The third-order valence-electron chi connectivity index (χ3n) is 7.32. The third kappa shape index (κ3) is 5.85. The van der Waals surface area contributed by atoms with Crippen molar-refractivity contribution >= 4 is 17.9 Å². The standard InChI is InChI=1S/C25H36N4O4/c26-22(24(31)28-14-4-5-15-28)19-10-12-20(13-11-19)27-23(30)21-9-6-16-29(21)25(32)33-17-18-7-2-1-3-8-18/h1-3,7-8,19-22H,4-6,9-17,26H2,(H,27,30)/t19-,20+,21-,22-/m0/s1. The number of nitrogens with one attached hydrogen (secondary N) is 1. The minimum Gasteiger partial charge on any atom is -0.445 e. The maximum atomic E-state index is 13.0. The van der Waals surface area contributed by atoms with Gasteiger partial charge in [0, 0.05) is 25.7 Å². The predicted molar refractivity (Wildman–Crippen MR) is 124 cm³/mol. The minimum absolute atomic E-state index is 0.0608. The molecule has 1 aliphatic carbocycles. The summed E-state index contributed by atoms with van der Waals surface area (Å²) >= 11 is 0. The van der Waals surface area contributed by atoms with Crippen LogP contribution in [0.3, 0.4) is 0 Å². The average molecular weight is 457 g/mol. The van der Waals surface area contributed by atoms with Crippen LogP contribution in [0.5, 0.6) is 0 Å². The van der Waals surface area contributed by atoms with Crippen LogP contribution in [0, 0.1) is 5.92 Å². The number of amides is 3. The van der Waals surface area contributed by atoms with Crippen molar-refractivity contribution in [2.24, 2.45) is 11.7 Å². The Labute approximate surface area is 195 Å². The van der Waals surface area contributed by atoms with Crippen molar-refractivity contribution in [3.05, 3.63) is 35.9 Å². The predicted octanol–water partition coefficient (Wildman–Crippen LogP) is 2.41. The van der Waals surface area contributed by atoms with Gasteiger partial charge in [0.2, 0.25) is 11.8 Å². The Balaban J connectivity index is 1.22. The smallest absolute Gasteiger partial charge is 0.410 e. The molecule has 1 aromatic rings. The number of ether oxygens (including phenoxy) is 1. The fourth-order valence-electron chi connectivity index (χ4n) is 5.33. The number of hydrogen-bond acceptors (Lipinski definition) is 5. The lowest BCUT2D eigenvalue weighted by molar-refractivity contribution is -0.133. The molecule has 8 nitrogen and oxygen atoms in total. The van der Waals surface area contributed by atoms with E-state index < -0.39 is 18.2 Å². The zero-order valence-corrected chi connectivity index (χ0v) is 19.3. The lowest BCUT2D eigenvalue weighted by Crippen LogP contribution is -2.51. The first kappa shape index (κ1) is 23.5. The largest absolute Gasteiger partial charge is 0.445 e. The highest BCUT2D eigenvalue weighted by molar-refractivity contribution is 5.86. The summed E-state index contributed by atoms with van der Waals surface area (Å²) in [7, 11) is 0. The van der Waals surface area contributed by atoms with Crippen molar-refractivity contribution in [2.75, 3.05) is 19.6 Å². The van der Waals surface area contributed by atoms with Crippen molar-refractivity contribution in [2.45, 2.75) is 76.1 Å². The van der Waals surface area contributed by atoms with Crippen LogP contribution < -0.4 is 11.1 Å². The number of benzene rings is 1. The van der Waals surface area contributed by atoms with Gasteiger partial charge >= 0.3 is 6.09 Å². The van der Waals surface area contributed by atoms with E-state index in [1.807, 2.05) is 35.2 Å². The SMILES string of the molecule is N[C@H](C(=O)N1CCCC1)[C@H]1CC[C@@H](NC(=O)[C@@H]2CCCN2C(=O)OCc2ccccc2)CC1. The van der Waals surface area contributed by atoms with Crippen molar-refractivity contribution in [3.8, 4) is 0 Å². The van der Waals surface area contributed by atoms with E-state index in [2.05, 4.69) is 5.32 Å². The van der Waals surface area contributed by atoms with Gasteiger partial charge in [-0.25, -0.2) is 4.79 Å². The van der Waals surface area contributed by atoms with Crippen molar-refractivity contribution in [1.29, 1.82) is 0 Å². The summed E-state index contributed by atoms with van der Waals surface area (Å²) in [5, 5.41) is 3.14. The van der Waals surface area contributed by atoms with Crippen LogP contribution in [-0.2, 0) is 20.9 Å². The zero-order chi connectivity index (χ0) is 23.2. The molecule has 2 heterocycles. The van der Waals surface area contributed by atoms with Gasteiger partial charge in [-0.15, -0.1) is 0 Å². The van der Waals surface area contributed by atoms with E-state index in [1.165, 1.54) is 0 Å². The van der Waals surface area contributed by atoms with Crippen LogP contribution in [0.1, 0.15) is 56.9 Å².